The van der Waals surface area contributed by atoms with Gasteiger partial charge in [0, 0.05) is 24.4 Å². The third-order valence-electron chi connectivity index (χ3n) is 6.81. The average Bonchev–Trinajstić information content (AvgIpc) is 3.54. The molecule has 2 aliphatic carbocycles. The molecular weight excluding hydrogens is 388 g/mol. The van der Waals surface area contributed by atoms with E-state index < -0.39 is 0 Å². The molecule has 0 spiro atoms. The summed E-state index contributed by atoms with van der Waals surface area (Å²) >= 11 is 0. The molecule has 0 saturated heterocycles. The van der Waals surface area contributed by atoms with Crippen molar-refractivity contribution in [3.05, 3.63) is 30.0 Å². The van der Waals surface area contributed by atoms with Crippen molar-refractivity contribution >= 4 is 22.7 Å². The Hall–Kier alpha value is -2.37. The molecule has 2 aromatic rings. The van der Waals surface area contributed by atoms with Crippen molar-refractivity contribution in [2.45, 2.75) is 78.3 Å². The van der Waals surface area contributed by atoms with Crippen LogP contribution in [0, 0.1) is 17.3 Å². The Kier molecular flexibility index (Phi) is 6.35. The van der Waals surface area contributed by atoms with E-state index in [1.54, 1.807) is 0 Å². The smallest absolute Gasteiger partial charge is 0.272 e. The lowest BCUT2D eigenvalue weighted by atomic mass is 9.86. The fraction of sp³-hybridized carbons (Fsp3) is 0.640. The fourth-order valence-electron chi connectivity index (χ4n) is 4.54. The van der Waals surface area contributed by atoms with Crippen molar-refractivity contribution in [2.24, 2.45) is 17.3 Å². The van der Waals surface area contributed by atoms with Gasteiger partial charge in [0.2, 0.25) is 5.91 Å². The minimum Gasteiger partial charge on any atom is -0.354 e. The van der Waals surface area contributed by atoms with Crippen LogP contribution in [0.2, 0.25) is 0 Å². The Labute approximate surface area is 185 Å². The number of hydrogen-bond acceptors (Lipinski definition) is 3. The third-order valence-corrected chi connectivity index (χ3v) is 6.81. The van der Waals surface area contributed by atoms with Gasteiger partial charge in [-0.05, 0) is 43.1 Å². The second kappa shape index (κ2) is 9.01. The highest BCUT2D eigenvalue weighted by Gasteiger charge is 2.33. The van der Waals surface area contributed by atoms with E-state index in [2.05, 4.69) is 37.5 Å². The van der Waals surface area contributed by atoms with Crippen LogP contribution >= 0.6 is 0 Å². The van der Waals surface area contributed by atoms with Crippen LogP contribution in [0.4, 0.5) is 0 Å². The lowest BCUT2D eigenvalue weighted by molar-refractivity contribution is -0.122. The Morgan fingerprint density at radius 1 is 1.10 bits per heavy atom. The number of nitrogens with zero attached hydrogens (tertiary/aromatic N) is 2. The number of carbonyl (C=O) groups excluding carboxylic acids is 2. The van der Waals surface area contributed by atoms with Crippen LogP contribution in [0.15, 0.2) is 24.3 Å². The first-order valence-electron chi connectivity index (χ1n) is 11.9. The Balaban J connectivity index is 1.52. The van der Waals surface area contributed by atoms with Crippen molar-refractivity contribution in [3.63, 3.8) is 0 Å². The van der Waals surface area contributed by atoms with Gasteiger partial charge in [0.15, 0.2) is 5.69 Å². The summed E-state index contributed by atoms with van der Waals surface area (Å²) in [7, 11) is 0. The summed E-state index contributed by atoms with van der Waals surface area (Å²) < 4.78 is 2.03. The third kappa shape index (κ3) is 5.28. The molecule has 1 atom stereocenters. The molecule has 2 fully saturated rings. The molecule has 0 unspecified atom stereocenters. The van der Waals surface area contributed by atoms with E-state index in [0.29, 0.717) is 18.2 Å². The Morgan fingerprint density at radius 2 is 1.81 bits per heavy atom. The summed E-state index contributed by atoms with van der Waals surface area (Å²) in [5.74, 6) is 0.730. The van der Waals surface area contributed by atoms with E-state index in [-0.39, 0.29) is 29.2 Å². The van der Waals surface area contributed by atoms with Gasteiger partial charge >= 0.3 is 0 Å². The number of aromatic nitrogens is 2. The molecule has 0 aliphatic heterocycles. The largest absolute Gasteiger partial charge is 0.354 e. The van der Waals surface area contributed by atoms with E-state index in [0.717, 1.165) is 30.3 Å². The summed E-state index contributed by atoms with van der Waals surface area (Å²) in [6, 6.07) is 7.83. The predicted octanol–water partition coefficient (Wildman–Crippen LogP) is 4.29. The predicted molar refractivity (Wildman–Crippen MR) is 123 cm³/mol. The zero-order valence-corrected chi connectivity index (χ0v) is 19.1. The van der Waals surface area contributed by atoms with Gasteiger partial charge in [-0.25, -0.2) is 0 Å². The average molecular weight is 425 g/mol. The molecule has 1 aromatic heterocycles. The molecule has 168 valence electrons. The molecule has 6 heteroatoms. The number of hydrogen-bond donors (Lipinski definition) is 2. The van der Waals surface area contributed by atoms with Crippen LogP contribution < -0.4 is 10.6 Å². The number of nitrogens with one attached hydrogen (secondary N) is 2. The molecule has 1 aromatic carbocycles. The van der Waals surface area contributed by atoms with Crippen LogP contribution in [0.25, 0.3) is 10.9 Å². The van der Waals surface area contributed by atoms with Crippen LogP contribution in [0.5, 0.6) is 0 Å². The summed E-state index contributed by atoms with van der Waals surface area (Å²) in [5, 5.41) is 11.9. The van der Waals surface area contributed by atoms with Gasteiger partial charge in [-0.15, -0.1) is 0 Å². The second-order valence-electron chi connectivity index (χ2n) is 10.5. The van der Waals surface area contributed by atoms with Gasteiger partial charge in [0.25, 0.3) is 5.91 Å². The van der Waals surface area contributed by atoms with Crippen LogP contribution in [-0.4, -0.2) is 34.2 Å². The molecule has 2 amide bonds. The van der Waals surface area contributed by atoms with Gasteiger partial charge < -0.3 is 10.6 Å². The van der Waals surface area contributed by atoms with Gasteiger partial charge in [-0.3, -0.25) is 14.3 Å². The lowest BCUT2D eigenvalue weighted by Crippen LogP contribution is -2.51. The maximum absolute atomic E-state index is 13.3. The highest BCUT2D eigenvalue weighted by molar-refractivity contribution is 6.05. The van der Waals surface area contributed by atoms with Crippen molar-refractivity contribution in [2.75, 3.05) is 6.54 Å². The summed E-state index contributed by atoms with van der Waals surface area (Å²) in [6.45, 7) is 7.56. The van der Waals surface area contributed by atoms with Crippen LogP contribution in [0.1, 0.15) is 76.2 Å². The number of benzene rings is 1. The normalized spacial score (nSPS) is 18.7. The van der Waals surface area contributed by atoms with Gasteiger partial charge in [0.1, 0.15) is 0 Å². The van der Waals surface area contributed by atoms with E-state index in [1.807, 2.05) is 22.9 Å². The Morgan fingerprint density at radius 3 is 2.48 bits per heavy atom. The number of rotatable bonds is 7. The first-order chi connectivity index (χ1) is 14.8. The standard InChI is InChI=1S/C25H36N4O2/c1-25(2,3)21(15-26-23(30)18-13-14-18)27-24(31)22-19-11-7-8-12-20(19)29(28-22)16-17-9-5-4-6-10-17/h7-8,11-12,17-18,21H,4-6,9-10,13-16H2,1-3H3,(H,26,30)(H,27,31)/t21-/m1/s1. The first-order valence-corrected chi connectivity index (χ1v) is 11.9. The minimum atomic E-state index is -0.188. The van der Waals surface area contributed by atoms with E-state index in [9.17, 15) is 9.59 Å². The molecule has 2 aliphatic rings. The number of amides is 2. The molecule has 0 bridgehead atoms. The summed E-state index contributed by atoms with van der Waals surface area (Å²) in [5.41, 5.74) is 1.31. The zero-order chi connectivity index (χ0) is 22.0. The maximum atomic E-state index is 13.3. The summed E-state index contributed by atoms with van der Waals surface area (Å²) in [6.07, 6.45) is 8.33. The fourth-order valence-corrected chi connectivity index (χ4v) is 4.54. The highest BCUT2D eigenvalue weighted by atomic mass is 16.2. The number of para-hydroxylation sites is 1. The monoisotopic (exact) mass is 424 g/mol. The molecule has 2 N–H and O–H groups in total. The molecule has 2 saturated carbocycles. The first kappa shape index (κ1) is 21.8. The minimum absolute atomic E-state index is 0.103. The summed E-state index contributed by atoms with van der Waals surface area (Å²) in [4.78, 5) is 25.4. The van der Waals surface area contributed by atoms with Crippen LogP contribution in [-0.2, 0) is 11.3 Å². The zero-order valence-electron chi connectivity index (χ0n) is 19.1. The van der Waals surface area contributed by atoms with Gasteiger partial charge in [0.05, 0.1) is 11.6 Å². The molecule has 6 nitrogen and oxygen atoms in total. The van der Waals surface area contributed by atoms with Crippen molar-refractivity contribution in [3.8, 4) is 0 Å². The second-order valence-corrected chi connectivity index (χ2v) is 10.5. The van der Waals surface area contributed by atoms with Crippen LogP contribution in [0.3, 0.4) is 0 Å². The molecule has 31 heavy (non-hydrogen) atoms. The lowest BCUT2D eigenvalue weighted by Gasteiger charge is -2.31. The molecule has 0 radical (unpaired) electrons. The number of carbonyl (C=O) groups is 2. The van der Waals surface area contributed by atoms with E-state index >= 15 is 0 Å². The van der Waals surface area contributed by atoms with Crippen molar-refractivity contribution < 1.29 is 9.59 Å². The topological polar surface area (TPSA) is 76.0 Å². The number of fused-ring (bicyclic) bond motifs is 1. The maximum Gasteiger partial charge on any atom is 0.272 e. The highest BCUT2D eigenvalue weighted by Crippen LogP contribution is 2.29. The molecule has 4 rings (SSSR count). The van der Waals surface area contributed by atoms with E-state index in [4.69, 9.17) is 5.10 Å². The van der Waals surface area contributed by atoms with E-state index in [1.165, 1.54) is 32.1 Å². The van der Waals surface area contributed by atoms with Gasteiger partial charge in [-0.2, -0.15) is 5.10 Å². The molecular formula is C25H36N4O2. The van der Waals surface area contributed by atoms with Crippen molar-refractivity contribution in [1.82, 2.24) is 20.4 Å². The van der Waals surface area contributed by atoms with Gasteiger partial charge in [-0.1, -0.05) is 58.2 Å². The SMILES string of the molecule is CC(C)(C)[C@@H](CNC(=O)C1CC1)NC(=O)c1nn(CC2CCCCC2)c2ccccc12. The Bertz CT molecular complexity index is 933. The molecule has 1 heterocycles. The quantitative estimate of drug-likeness (QED) is 0.696. The van der Waals surface area contributed by atoms with Crippen molar-refractivity contribution in [1.29, 1.82) is 0 Å².